The van der Waals surface area contributed by atoms with Crippen molar-refractivity contribution in [3.8, 4) is 11.5 Å². The van der Waals surface area contributed by atoms with Crippen LogP contribution < -0.4 is 25.0 Å². The summed E-state index contributed by atoms with van der Waals surface area (Å²) < 4.78 is 10.6. The average Bonchev–Trinajstić information content (AvgIpc) is 3.25. The highest BCUT2D eigenvalue weighted by Gasteiger charge is 2.23. The topological polar surface area (TPSA) is 58.1 Å². The van der Waals surface area contributed by atoms with Crippen LogP contribution in [-0.2, 0) is 6.54 Å². The summed E-state index contributed by atoms with van der Waals surface area (Å²) in [6.45, 7) is 6.59. The van der Waals surface area contributed by atoms with Crippen molar-refractivity contribution < 1.29 is 9.47 Å². The Kier molecular flexibility index (Phi) is 7.61. The van der Waals surface area contributed by atoms with Gasteiger partial charge in [-0.25, -0.2) is 4.99 Å². The van der Waals surface area contributed by atoms with Crippen molar-refractivity contribution in [2.24, 2.45) is 10.9 Å². The summed E-state index contributed by atoms with van der Waals surface area (Å²) in [6, 6.07) is 16.3. The zero-order valence-corrected chi connectivity index (χ0v) is 17.6. The molecular formula is C23H32N4O2. The second kappa shape index (κ2) is 10.6. The van der Waals surface area contributed by atoms with E-state index in [0.717, 1.165) is 49.2 Å². The maximum atomic E-state index is 5.35. The van der Waals surface area contributed by atoms with E-state index in [4.69, 9.17) is 14.5 Å². The summed E-state index contributed by atoms with van der Waals surface area (Å²) >= 11 is 0. The van der Waals surface area contributed by atoms with Crippen LogP contribution in [0.5, 0.6) is 11.5 Å². The Balaban J connectivity index is 1.52. The van der Waals surface area contributed by atoms with E-state index >= 15 is 0 Å². The molecule has 1 atom stereocenters. The van der Waals surface area contributed by atoms with Crippen LogP contribution in [0.4, 0.5) is 5.69 Å². The lowest BCUT2D eigenvalue weighted by Crippen LogP contribution is -2.40. The lowest BCUT2D eigenvalue weighted by Gasteiger charge is -2.20. The third-order valence-corrected chi connectivity index (χ3v) is 5.19. The molecule has 6 nitrogen and oxygen atoms in total. The standard InChI is InChI=1S/C23H32N4O2/c1-4-24-23(25-15-18-8-10-21(28-2)11-9-18)26-16-19-12-13-27(17-19)20-6-5-7-22(14-20)29-3/h5-11,14,19H,4,12-13,15-17H2,1-3H3,(H2,24,25,26). The van der Waals surface area contributed by atoms with Crippen LogP contribution in [0.25, 0.3) is 0 Å². The third kappa shape index (κ3) is 6.04. The number of hydrogen-bond acceptors (Lipinski definition) is 4. The summed E-state index contributed by atoms with van der Waals surface area (Å²) in [6.07, 6.45) is 1.17. The molecule has 1 heterocycles. The first-order valence-electron chi connectivity index (χ1n) is 10.3. The smallest absolute Gasteiger partial charge is 0.191 e. The molecule has 0 aromatic heterocycles. The summed E-state index contributed by atoms with van der Waals surface area (Å²) in [4.78, 5) is 7.15. The van der Waals surface area contributed by atoms with Crippen LogP contribution in [-0.4, -0.2) is 46.4 Å². The largest absolute Gasteiger partial charge is 0.497 e. The monoisotopic (exact) mass is 396 g/mol. The number of benzene rings is 2. The van der Waals surface area contributed by atoms with Gasteiger partial charge in [0.05, 0.1) is 20.8 Å². The van der Waals surface area contributed by atoms with E-state index in [9.17, 15) is 0 Å². The number of aliphatic imine (C=N–C) groups is 1. The molecule has 0 aliphatic carbocycles. The highest BCUT2D eigenvalue weighted by molar-refractivity contribution is 5.79. The van der Waals surface area contributed by atoms with E-state index in [1.165, 1.54) is 12.1 Å². The molecule has 2 N–H and O–H groups in total. The molecule has 0 saturated carbocycles. The highest BCUT2D eigenvalue weighted by atomic mass is 16.5. The molecule has 2 aromatic carbocycles. The molecule has 0 spiro atoms. The van der Waals surface area contributed by atoms with Gasteiger partial charge in [0.15, 0.2) is 5.96 Å². The number of anilines is 1. The zero-order chi connectivity index (χ0) is 20.5. The molecule has 156 valence electrons. The van der Waals surface area contributed by atoms with Crippen LogP contribution in [0, 0.1) is 5.92 Å². The third-order valence-electron chi connectivity index (χ3n) is 5.19. The molecule has 2 aromatic rings. The van der Waals surface area contributed by atoms with Crippen molar-refractivity contribution in [3.05, 3.63) is 54.1 Å². The fraction of sp³-hybridized carbons (Fsp3) is 0.435. The molecule has 1 aliphatic rings. The molecule has 1 unspecified atom stereocenters. The first kappa shape index (κ1) is 20.8. The van der Waals surface area contributed by atoms with Gasteiger partial charge in [0.25, 0.3) is 0 Å². The molecular weight excluding hydrogens is 364 g/mol. The lowest BCUT2D eigenvalue weighted by molar-refractivity contribution is 0.414. The van der Waals surface area contributed by atoms with Crippen molar-refractivity contribution >= 4 is 11.6 Å². The van der Waals surface area contributed by atoms with E-state index in [-0.39, 0.29) is 0 Å². The van der Waals surface area contributed by atoms with Crippen LogP contribution >= 0.6 is 0 Å². The van der Waals surface area contributed by atoms with Crippen LogP contribution in [0.2, 0.25) is 0 Å². The van der Waals surface area contributed by atoms with E-state index < -0.39 is 0 Å². The van der Waals surface area contributed by atoms with Crippen LogP contribution in [0.3, 0.4) is 0 Å². The maximum absolute atomic E-state index is 5.35. The zero-order valence-electron chi connectivity index (χ0n) is 17.6. The van der Waals surface area contributed by atoms with Crippen molar-refractivity contribution in [2.45, 2.75) is 19.9 Å². The summed E-state index contributed by atoms with van der Waals surface area (Å²) in [5.41, 5.74) is 2.39. The lowest BCUT2D eigenvalue weighted by atomic mass is 10.1. The molecule has 29 heavy (non-hydrogen) atoms. The summed E-state index contributed by atoms with van der Waals surface area (Å²) in [5, 5.41) is 6.85. The Hall–Kier alpha value is -2.89. The number of methoxy groups -OCH3 is 2. The van der Waals surface area contributed by atoms with Gasteiger partial charge in [0, 0.05) is 37.9 Å². The van der Waals surface area contributed by atoms with E-state index in [2.05, 4.69) is 52.8 Å². The Bertz CT molecular complexity index is 792. The molecule has 3 rings (SSSR count). The number of rotatable bonds is 8. The van der Waals surface area contributed by atoms with Gasteiger partial charge in [-0.3, -0.25) is 0 Å². The van der Waals surface area contributed by atoms with Gasteiger partial charge in [-0.05, 0) is 49.1 Å². The van der Waals surface area contributed by atoms with Crippen LogP contribution in [0.15, 0.2) is 53.5 Å². The Morgan fingerprint density at radius 2 is 1.86 bits per heavy atom. The van der Waals surface area contributed by atoms with Gasteiger partial charge >= 0.3 is 0 Å². The van der Waals surface area contributed by atoms with Gasteiger partial charge < -0.3 is 25.0 Å². The van der Waals surface area contributed by atoms with Crippen LogP contribution in [0.1, 0.15) is 18.9 Å². The van der Waals surface area contributed by atoms with Gasteiger partial charge in [0.1, 0.15) is 11.5 Å². The fourth-order valence-corrected chi connectivity index (χ4v) is 3.53. The average molecular weight is 397 g/mol. The van der Waals surface area contributed by atoms with E-state index in [1.807, 2.05) is 18.2 Å². The molecule has 1 saturated heterocycles. The number of hydrogen-bond donors (Lipinski definition) is 2. The van der Waals surface area contributed by atoms with Crippen molar-refractivity contribution in [1.82, 2.24) is 10.6 Å². The molecule has 0 radical (unpaired) electrons. The minimum Gasteiger partial charge on any atom is -0.497 e. The van der Waals surface area contributed by atoms with Gasteiger partial charge in [-0.1, -0.05) is 18.2 Å². The summed E-state index contributed by atoms with van der Waals surface area (Å²) in [7, 11) is 3.39. The molecule has 1 aliphatic heterocycles. The van der Waals surface area contributed by atoms with Gasteiger partial charge in [0.2, 0.25) is 0 Å². The number of ether oxygens (including phenoxy) is 2. The normalized spacial score (nSPS) is 16.6. The van der Waals surface area contributed by atoms with E-state index in [0.29, 0.717) is 12.5 Å². The Morgan fingerprint density at radius 3 is 2.59 bits per heavy atom. The Labute approximate surface area is 173 Å². The molecule has 0 amide bonds. The predicted molar refractivity (Wildman–Crippen MR) is 119 cm³/mol. The SMILES string of the molecule is CCNC(=NCc1ccc(OC)cc1)NCC1CCN(c2cccc(OC)c2)C1. The number of nitrogens with zero attached hydrogens (tertiary/aromatic N) is 2. The minimum absolute atomic E-state index is 0.589. The highest BCUT2D eigenvalue weighted by Crippen LogP contribution is 2.26. The fourth-order valence-electron chi connectivity index (χ4n) is 3.53. The second-order valence-corrected chi connectivity index (χ2v) is 7.23. The summed E-state index contributed by atoms with van der Waals surface area (Å²) in [5.74, 6) is 3.22. The minimum atomic E-state index is 0.589. The quantitative estimate of drug-likeness (QED) is 0.530. The number of nitrogens with one attached hydrogen (secondary N) is 2. The van der Waals surface area contributed by atoms with E-state index in [1.54, 1.807) is 14.2 Å². The number of guanidine groups is 1. The Morgan fingerprint density at radius 1 is 1.07 bits per heavy atom. The van der Waals surface area contributed by atoms with Crippen molar-refractivity contribution in [3.63, 3.8) is 0 Å². The first-order chi connectivity index (χ1) is 14.2. The molecule has 0 bridgehead atoms. The maximum Gasteiger partial charge on any atom is 0.191 e. The van der Waals surface area contributed by atoms with Gasteiger partial charge in [-0.2, -0.15) is 0 Å². The van der Waals surface area contributed by atoms with Gasteiger partial charge in [-0.15, -0.1) is 0 Å². The first-order valence-corrected chi connectivity index (χ1v) is 10.3. The van der Waals surface area contributed by atoms with Crippen molar-refractivity contribution in [1.29, 1.82) is 0 Å². The second-order valence-electron chi connectivity index (χ2n) is 7.23. The molecule has 6 heteroatoms. The molecule has 1 fully saturated rings. The predicted octanol–water partition coefficient (Wildman–Crippen LogP) is 3.29. The van der Waals surface area contributed by atoms with Crippen molar-refractivity contribution in [2.75, 3.05) is 45.3 Å².